The van der Waals surface area contributed by atoms with Crippen molar-refractivity contribution in [2.24, 2.45) is 5.41 Å². The molecule has 18 heavy (non-hydrogen) atoms. The molecule has 1 saturated carbocycles. The molecule has 0 radical (unpaired) electrons. The molecule has 2 rings (SSSR count). The lowest BCUT2D eigenvalue weighted by Gasteiger charge is -2.32. The fourth-order valence-electron chi connectivity index (χ4n) is 3.07. The summed E-state index contributed by atoms with van der Waals surface area (Å²) in [5.41, 5.74) is 1.73. The van der Waals surface area contributed by atoms with Gasteiger partial charge in [0.15, 0.2) is 0 Å². The van der Waals surface area contributed by atoms with Crippen LogP contribution in [0.4, 0.5) is 0 Å². The highest BCUT2D eigenvalue weighted by molar-refractivity contribution is 7.80. The second kappa shape index (κ2) is 6.31. The molecular formula is C15H22ClNS. The van der Waals surface area contributed by atoms with Gasteiger partial charge in [-0.25, -0.2) is 0 Å². The first-order valence-electron chi connectivity index (χ1n) is 6.67. The summed E-state index contributed by atoms with van der Waals surface area (Å²) in [6.07, 6.45) is 5.39. The van der Waals surface area contributed by atoms with Gasteiger partial charge < -0.3 is 4.90 Å². The van der Waals surface area contributed by atoms with E-state index in [0.717, 1.165) is 23.9 Å². The minimum absolute atomic E-state index is 0.441. The first kappa shape index (κ1) is 14.2. The summed E-state index contributed by atoms with van der Waals surface area (Å²) in [6, 6.07) is 8.15. The third-order valence-electron chi connectivity index (χ3n) is 3.95. The second-order valence-electron chi connectivity index (χ2n) is 5.67. The molecule has 1 aliphatic carbocycles. The number of halogens is 1. The highest BCUT2D eigenvalue weighted by Gasteiger charge is 2.33. The van der Waals surface area contributed by atoms with Gasteiger partial charge in [-0.2, -0.15) is 12.6 Å². The normalized spacial score (nSPS) is 18.4. The average Bonchev–Trinajstić information content (AvgIpc) is 2.78. The third kappa shape index (κ3) is 3.66. The second-order valence-corrected chi connectivity index (χ2v) is 6.42. The van der Waals surface area contributed by atoms with E-state index >= 15 is 0 Å². The first-order valence-corrected chi connectivity index (χ1v) is 7.68. The summed E-state index contributed by atoms with van der Waals surface area (Å²) in [5.74, 6) is 1.01. The van der Waals surface area contributed by atoms with E-state index in [2.05, 4.69) is 36.7 Å². The number of benzene rings is 1. The van der Waals surface area contributed by atoms with E-state index in [1.165, 1.54) is 31.2 Å². The fourth-order valence-corrected chi connectivity index (χ4v) is 3.70. The highest BCUT2D eigenvalue weighted by atomic mass is 35.5. The first-order chi connectivity index (χ1) is 8.63. The molecule has 0 unspecified atom stereocenters. The Morgan fingerprint density at radius 2 is 2.06 bits per heavy atom. The van der Waals surface area contributed by atoms with Crippen molar-refractivity contribution >= 4 is 24.2 Å². The van der Waals surface area contributed by atoms with Crippen LogP contribution in [0, 0.1) is 5.41 Å². The standard InChI is InChI=1S/C15H22ClNS/c1-17(10-13-5-4-6-14(16)9-13)11-15(12-18)7-2-3-8-15/h4-6,9,18H,2-3,7-8,10-12H2,1H3. The Morgan fingerprint density at radius 1 is 1.33 bits per heavy atom. The Labute approximate surface area is 121 Å². The molecule has 1 aliphatic rings. The number of hydrogen-bond acceptors (Lipinski definition) is 2. The molecule has 1 nitrogen and oxygen atoms in total. The van der Waals surface area contributed by atoms with Gasteiger partial charge >= 0.3 is 0 Å². The molecule has 1 aromatic rings. The lowest BCUT2D eigenvalue weighted by Crippen LogP contribution is -2.34. The van der Waals surface area contributed by atoms with Gasteiger partial charge in [0, 0.05) is 18.1 Å². The van der Waals surface area contributed by atoms with Gasteiger partial charge in [0.1, 0.15) is 0 Å². The van der Waals surface area contributed by atoms with Crippen LogP contribution in [0.15, 0.2) is 24.3 Å². The molecule has 0 heterocycles. The summed E-state index contributed by atoms with van der Waals surface area (Å²) in [4.78, 5) is 2.41. The number of rotatable bonds is 5. The number of thiol groups is 1. The maximum atomic E-state index is 6.02. The molecule has 100 valence electrons. The van der Waals surface area contributed by atoms with E-state index in [4.69, 9.17) is 11.6 Å². The Hall–Kier alpha value is -0.180. The number of hydrogen-bond donors (Lipinski definition) is 1. The van der Waals surface area contributed by atoms with E-state index < -0.39 is 0 Å². The smallest absolute Gasteiger partial charge is 0.0409 e. The van der Waals surface area contributed by atoms with Crippen LogP contribution in [0.25, 0.3) is 0 Å². The summed E-state index contributed by atoms with van der Waals surface area (Å²) >= 11 is 10.6. The quantitative estimate of drug-likeness (QED) is 0.790. The fraction of sp³-hybridized carbons (Fsp3) is 0.600. The van der Waals surface area contributed by atoms with Crippen LogP contribution in [0.1, 0.15) is 31.2 Å². The zero-order chi connectivity index (χ0) is 13.0. The van der Waals surface area contributed by atoms with Crippen LogP contribution in [0.3, 0.4) is 0 Å². The van der Waals surface area contributed by atoms with E-state index in [0.29, 0.717) is 5.41 Å². The zero-order valence-electron chi connectivity index (χ0n) is 11.0. The minimum Gasteiger partial charge on any atom is -0.302 e. The van der Waals surface area contributed by atoms with Crippen LogP contribution >= 0.6 is 24.2 Å². The van der Waals surface area contributed by atoms with Crippen molar-refractivity contribution in [1.82, 2.24) is 4.90 Å². The molecule has 0 aliphatic heterocycles. The van der Waals surface area contributed by atoms with Crippen molar-refractivity contribution in [3.05, 3.63) is 34.9 Å². The Balaban J connectivity index is 1.93. The van der Waals surface area contributed by atoms with Gasteiger partial charge in [-0.1, -0.05) is 36.6 Å². The Morgan fingerprint density at radius 3 is 2.67 bits per heavy atom. The lowest BCUT2D eigenvalue weighted by molar-refractivity contribution is 0.196. The molecule has 3 heteroatoms. The highest BCUT2D eigenvalue weighted by Crippen LogP contribution is 2.39. The summed E-state index contributed by atoms with van der Waals surface area (Å²) < 4.78 is 0. The van der Waals surface area contributed by atoms with Crippen molar-refractivity contribution in [3.63, 3.8) is 0 Å². The SMILES string of the molecule is CN(Cc1cccc(Cl)c1)CC1(CS)CCCC1. The molecule has 0 atom stereocenters. The molecule has 1 aromatic carbocycles. The maximum absolute atomic E-state index is 6.02. The van der Waals surface area contributed by atoms with Crippen molar-refractivity contribution in [2.75, 3.05) is 19.3 Å². The summed E-state index contributed by atoms with van der Waals surface area (Å²) in [6.45, 7) is 2.11. The zero-order valence-corrected chi connectivity index (χ0v) is 12.7. The molecule has 0 bridgehead atoms. The van der Waals surface area contributed by atoms with Crippen LogP contribution < -0.4 is 0 Å². The Kier molecular flexibility index (Phi) is 4.99. The largest absolute Gasteiger partial charge is 0.302 e. The lowest BCUT2D eigenvalue weighted by atomic mass is 9.88. The van der Waals surface area contributed by atoms with E-state index in [1.807, 2.05) is 12.1 Å². The topological polar surface area (TPSA) is 3.24 Å². The molecule has 0 amide bonds. The maximum Gasteiger partial charge on any atom is 0.0409 e. The average molecular weight is 284 g/mol. The molecule has 0 spiro atoms. The predicted molar refractivity (Wildman–Crippen MR) is 82.5 cm³/mol. The van der Waals surface area contributed by atoms with Crippen molar-refractivity contribution < 1.29 is 0 Å². The van der Waals surface area contributed by atoms with E-state index in [-0.39, 0.29) is 0 Å². The Bertz CT molecular complexity index is 388. The molecular weight excluding hydrogens is 262 g/mol. The monoisotopic (exact) mass is 283 g/mol. The number of nitrogens with zero attached hydrogens (tertiary/aromatic N) is 1. The van der Waals surface area contributed by atoms with Crippen LogP contribution in [-0.2, 0) is 6.54 Å². The van der Waals surface area contributed by atoms with Gasteiger partial charge in [-0.05, 0) is 48.8 Å². The van der Waals surface area contributed by atoms with E-state index in [9.17, 15) is 0 Å². The van der Waals surface area contributed by atoms with Gasteiger partial charge in [-0.3, -0.25) is 0 Å². The molecule has 0 N–H and O–H groups in total. The molecule has 0 saturated heterocycles. The van der Waals surface area contributed by atoms with Gasteiger partial charge in [0.2, 0.25) is 0 Å². The van der Waals surface area contributed by atoms with Crippen molar-refractivity contribution in [3.8, 4) is 0 Å². The van der Waals surface area contributed by atoms with Crippen molar-refractivity contribution in [2.45, 2.75) is 32.2 Å². The minimum atomic E-state index is 0.441. The van der Waals surface area contributed by atoms with Gasteiger partial charge in [0.25, 0.3) is 0 Å². The van der Waals surface area contributed by atoms with E-state index in [1.54, 1.807) is 0 Å². The molecule has 0 aromatic heterocycles. The van der Waals surface area contributed by atoms with Crippen LogP contribution in [0.5, 0.6) is 0 Å². The molecule has 1 fully saturated rings. The summed E-state index contributed by atoms with van der Waals surface area (Å²) in [7, 11) is 2.20. The van der Waals surface area contributed by atoms with Crippen molar-refractivity contribution in [1.29, 1.82) is 0 Å². The van der Waals surface area contributed by atoms with Crippen LogP contribution in [0.2, 0.25) is 5.02 Å². The van der Waals surface area contributed by atoms with Gasteiger partial charge in [0.05, 0.1) is 0 Å². The summed E-state index contributed by atoms with van der Waals surface area (Å²) in [5, 5.41) is 0.825. The van der Waals surface area contributed by atoms with Gasteiger partial charge in [-0.15, -0.1) is 0 Å². The predicted octanol–water partition coefficient (Wildman–Crippen LogP) is 4.26. The third-order valence-corrected chi connectivity index (χ3v) is 4.85. The van der Waals surface area contributed by atoms with Crippen LogP contribution in [-0.4, -0.2) is 24.2 Å².